The van der Waals surface area contributed by atoms with Crippen LogP contribution in [0.15, 0.2) is 35.3 Å². The van der Waals surface area contributed by atoms with Gasteiger partial charge in [-0.15, -0.1) is 5.10 Å². The first-order valence-corrected chi connectivity index (χ1v) is 6.59. The van der Waals surface area contributed by atoms with Gasteiger partial charge in [0, 0.05) is 12.3 Å². The lowest BCUT2D eigenvalue weighted by Gasteiger charge is -2.06. The van der Waals surface area contributed by atoms with E-state index in [0.29, 0.717) is 11.1 Å². The Hall–Kier alpha value is -2.94. The van der Waals surface area contributed by atoms with Crippen molar-refractivity contribution in [1.82, 2.24) is 14.2 Å². The molecule has 3 rings (SSSR count). The van der Waals surface area contributed by atoms with Crippen LogP contribution < -0.4 is 10.4 Å². The molecule has 3 aromatic rings. The second-order valence-electron chi connectivity index (χ2n) is 4.50. The molecule has 0 amide bonds. The molecule has 0 saturated carbocycles. The first kappa shape index (κ1) is 15.0. The third-order valence-electron chi connectivity index (χ3n) is 3.15. The summed E-state index contributed by atoms with van der Waals surface area (Å²) < 4.78 is 21.0. The zero-order chi connectivity index (χ0) is 16.7. The van der Waals surface area contributed by atoms with Gasteiger partial charge < -0.3 is 4.74 Å². The Morgan fingerprint density at radius 2 is 2.13 bits per heavy atom. The molecule has 8 nitrogen and oxygen atoms in total. The van der Waals surface area contributed by atoms with Crippen molar-refractivity contribution in [3.05, 3.63) is 61.9 Å². The lowest BCUT2D eigenvalue weighted by atomic mass is 10.2. The zero-order valence-corrected chi connectivity index (χ0v) is 12.3. The van der Waals surface area contributed by atoms with E-state index in [0.717, 1.165) is 15.1 Å². The second-order valence-corrected chi connectivity index (χ2v) is 4.94. The summed E-state index contributed by atoms with van der Waals surface area (Å²) in [6.45, 7) is 0. The fourth-order valence-corrected chi connectivity index (χ4v) is 2.27. The molecule has 0 spiro atoms. The van der Waals surface area contributed by atoms with E-state index in [1.165, 1.54) is 25.4 Å². The number of nitrogens with zero attached hydrogens (tertiary/aromatic N) is 4. The van der Waals surface area contributed by atoms with E-state index >= 15 is 0 Å². The Labute approximate surface area is 132 Å². The number of nitro groups is 1. The van der Waals surface area contributed by atoms with Gasteiger partial charge in [0.2, 0.25) is 0 Å². The van der Waals surface area contributed by atoms with E-state index in [1.807, 2.05) is 0 Å². The number of methoxy groups -OCH3 is 1. The monoisotopic (exact) mass is 338 g/mol. The molecule has 2 aromatic heterocycles. The van der Waals surface area contributed by atoms with Crippen LogP contribution in [-0.4, -0.2) is 26.2 Å². The zero-order valence-electron chi connectivity index (χ0n) is 11.6. The number of aromatic nitrogens is 3. The quantitative estimate of drug-likeness (QED) is 0.539. The van der Waals surface area contributed by atoms with E-state index in [1.54, 1.807) is 0 Å². The molecule has 0 bridgehead atoms. The van der Waals surface area contributed by atoms with Gasteiger partial charge in [0.25, 0.3) is 0 Å². The summed E-state index contributed by atoms with van der Waals surface area (Å²) in [5.41, 5.74) is -1.24. The molecule has 0 aliphatic carbocycles. The van der Waals surface area contributed by atoms with E-state index < -0.39 is 22.1 Å². The first-order valence-electron chi connectivity index (χ1n) is 6.21. The molecule has 10 heteroatoms. The van der Waals surface area contributed by atoms with Gasteiger partial charge in [0.05, 0.1) is 23.1 Å². The largest absolute Gasteiger partial charge is 0.490 e. The maximum absolute atomic E-state index is 14.2. The molecule has 2 heterocycles. The fraction of sp³-hybridized carbons (Fsp3) is 0.0769. The van der Waals surface area contributed by atoms with Crippen LogP contribution in [0, 0.1) is 15.9 Å². The van der Waals surface area contributed by atoms with Crippen LogP contribution in [0.2, 0.25) is 5.02 Å². The van der Waals surface area contributed by atoms with Crippen LogP contribution in [0.1, 0.15) is 0 Å². The summed E-state index contributed by atoms with van der Waals surface area (Å²) in [4.78, 5) is 22.4. The topological polar surface area (TPSA) is 91.7 Å². The van der Waals surface area contributed by atoms with Crippen LogP contribution in [0.25, 0.3) is 11.3 Å². The molecule has 0 aliphatic heterocycles. The van der Waals surface area contributed by atoms with Crippen LogP contribution in [0.4, 0.5) is 10.1 Å². The molecule has 0 saturated heterocycles. The molecule has 118 valence electrons. The van der Waals surface area contributed by atoms with Crippen molar-refractivity contribution >= 4 is 22.9 Å². The number of ether oxygens (including phenoxy) is 1. The van der Waals surface area contributed by atoms with Crippen LogP contribution in [0.5, 0.6) is 5.75 Å². The molecule has 0 atom stereocenters. The van der Waals surface area contributed by atoms with Gasteiger partial charge in [-0.25, -0.2) is 13.6 Å². The van der Waals surface area contributed by atoms with Crippen molar-refractivity contribution in [3.8, 4) is 11.4 Å². The number of hydrogen-bond acceptors (Lipinski definition) is 5. The van der Waals surface area contributed by atoms with Crippen molar-refractivity contribution in [1.29, 1.82) is 0 Å². The van der Waals surface area contributed by atoms with Crippen molar-refractivity contribution in [3.63, 3.8) is 0 Å². The Kier molecular flexibility index (Phi) is 3.49. The van der Waals surface area contributed by atoms with Crippen molar-refractivity contribution in [2.24, 2.45) is 0 Å². The molecule has 0 fully saturated rings. The van der Waals surface area contributed by atoms with Crippen LogP contribution in [-0.2, 0) is 0 Å². The summed E-state index contributed by atoms with van der Waals surface area (Å²) in [7, 11) is 1.20. The highest BCUT2D eigenvalue weighted by atomic mass is 35.5. The first-order chi connectivity index (χ1) is 10.9. The molecule has 0 unspecified atom stereocenters. The summed E-state index contributed by atoms with van der Waals surface area (Å²) >= 11 is 5.81. The third-order valence-corrected chi connectivity index (χ3v) is 3.38. The Morgan fingerprint density at radius 1 is 1.39 bits per heavy atom. The average Bonchev–Trinajstić information content (AvgIpc) is 2.83. The minimum Gasteiger partial charge on any atom is -0.490 e. The number of hydrogen-bond donors (Lipinski definition) is 0. The third kappa shape index (κ3) is 2.40. The lowest BCUT2D eigenvalue weighted by Crippen LogP contribution is -2.20. The number of halogens is 2. The van der Waals surface area contributed by atoms with Gasteiger partial charge in [-0.1, -0.05) is 11.6 Å². The van der Waals surface area contributed by atoms with Crippen LogP contribution in [0.3, 0.4) is 0 Å². The molecule has 1 aromatic carbocycles. The number of fused-ring (bicyclic) bond motifs is 1. The van der Waals surface area contributed by atoms with Gasteiger partial charge >= 0.3 is 11.4 Å². The minimum absolute atomic E-state index is 0.187. The maximum Gasteiger partial charge on any atom is 0.355 e. The Balaban J connectivity index is 2.29. The highest BCUT2D eigenvalue weighted by molar-refractivity contribution is 6.30. The smallest absolute Gasteiger partial charge is 0.355 e. The molecule has 0 radical (unpaired) electrons. The number of rotatable bonds is 3. The predicted octanol–water partition coefficient (Wildman–Crippen LogP) is 2.19. The number of pyridine rings is 1. The summed E-state index contributed by atoms with van der Waals surface area (Å²) in [6.07, 6.45) is 1.34. The number of benzene rings is 1. The van der Waals surface area contributed by atoms with Gasteiger partial charge in [-0.3, -0.25) is 10.1 Å². The van der Waals surface area contributed by atoms with Gasteiger partial charge in [-0.05, 0) is 12.1 Å². The van der Waals surface area contributed by atoms with Crippen molar-refractivity contribution in [2.75, 3.05) is 7.11 Å². The fourth-order valence-electron chi connectivity index (χ4n) is 2.11. The maximum atomic E-state index is 14.2. The van der Waals surface area contributed by atoms with E-state index in [4.69, 9.17) is 16.3 Å². The highest BCUT2D eigenvalue weighted by Crippen LogP contribution is 2.30. The summed E-state index contributed by atoms with van der Waals surface area (Å²) in [6, 6.07) is 4.74. The molecular weight excluding hydrogens is 331 g/mol. The molecule has 0 N–H and O–H groups in total. The standard InChI is InChI=1S/C13H8ClFN4O4/c1-23-11-5-9(8(15)4-10(11)19(21)22)18-13(20)17-6-7(14)2-3-12(17)16-18/h2-6H,1H3. The molecular formula is C13H8ClFN4O4. The van der Waals surface area contributed by atoms with Gasteiger partial charge in [-0.2, -0.15) is 4.68 Å². The second kappa shape index (κ2) is 5.36. The SMILES string of the molecule is COc1cc(-n2nc3ccc(Cl)cn3c2=O)c(F)cc1[N+](=O)[O-]. The molecule has 0 aliphatic rings. The highest BCUT2D eigenvalue weighted by Gasteiger charge is 2.22. The number of nitro benzene ring substituents is 1. The van der Waals surface area contributed by atoms with E-state index in [-0.39, 0.29) is 17.1 Å². The minimum atomic E-state index is -0.978. The molecule has 23 heavy (non-hydrogen) atoms. The van der Waals surface area contributed by atoms with E-state index in [2.05, 4.69) is 5.10 Å². The summed E-state index contributed by atoms with van der Waals surface area (Å²) in [5, 5.41) is 15.2. The van der Waals surface area contributed by atoms with Crippen molar-refractivity contribution < 1.29 is 14.1 Å². The average molecular weight is 339 g/mol. The van der Waals surface area contributed by atoms with E-state index in [9.17, 15) is 19.3 Å². The lowest BCUT2D eigenvalue weighted by molar-refractivity contribution is -0.385. The summed E-state index contributed by atoms with van der Waals surface area (Å²) in [5.74, 6) is -1.16. The van der Waals surface area contributed by atoms with Crippen molar-refractivity contribution in [2.45, 2.75) is 0 Å². The van der Waals surface area contributed by atoms with Crippen LogP contribution >= 0.6 is 11.6 Å². The van der Waals surface area contributed by atoms with Gasteiger partial charge in [0.15, 0.2) is 17.2 Å². The Morgan fingerprint density at radius 3 is 2.78 bits per heavy atom. The Bertz CT molecular complexity index is 998. The predicted molar refractivity (Wildman–Crippen MR) is 79.0 cm³/mol. The normalized spacial score (nSPS) is 10.9. The van der Waals surface area contributed by atoms with Gasteiger partial charge in [0.1, 0.15) is 5.69 Å².